The molecule has 1 N–H and O–H groups in total. The first-order chi connectivity index (χ1) is 13.6. The van der Waals surface area contributed by atoms with Crippen LogP contribution in [0.1, 0.15) is 5.82 Å². The minimum absolute atomic E-state index is 0.0988. The third kappa shape index (κ3) is 3.85. The lowest BCUT2D eigenvalue weighted by molar-refractivity contribution is -0.113. The number of rotatable bonds is 6. The van der Waals surface area contributed by atoms with Crippen molar-refractivity contribution in [1.82, 2.24) is 19.8 Å². The number of carbonyl (C=O) groups excluding carboxylic acids is 1. The van der Waals surface area contributed by atoms with Crippen molar-refractivity contribution < 1.29 is 9.53 Å². The molecule has 28 heavy (non-hydrogen) atoms. The number of nitrogens with zero attached hydrogens (tertiary/aromatic N) is 4. The topological polar surface area (TPSA) is 81.4 Å². The number of amides is 1. The van der Waals surface area contributed by atoms with Crippen LogP contribution in [0.15, 0.2) is 53.4 Å². The van der Waals surface area contributed by atoms with E-state index in [0.717, 1.165) is 26.3 Å². The summed E-state index contributed by atoms with van der Waals surface area (Å²) in [5.41, 5.74) is 1.49. The van der Waals surface area contributed by atoms with Gasteiger partial charge in [-0.15, -0.1) is 22.0 Å². The molecule has 0 aliphatic carbocycles. The van der Waals surface area contributed by atoms with Crippen LogP contribution in [0.5, 0.6) is 5.75 Å². The van der Waals surface area contributed by atoms with Crippen LogP contribution in [0.4, 0.5) is 5.69 Å². The normalized spacial score (nSPS) is 10.9. The first-order valence-corrected chi connectivity index (χ1v) is 10.3. The van der Waals surface area contributed by atoms with Crippen LogP contribution >= 0.6 is 23.1 Å². The van der Waals surface area contributed by atoms with Crippen molar-refractivity contribution in [2.45, 2.75) is 11.8 Å². The summed E-state index contributed by atoms with van der Waals surface area (Å²) in [4.78, 5) is 14.2. The van der Waals surface area contributed by atoms with E-state index in [1.807, 2.05) is 55.5 Å². The van der Waals surface area contributed by atoms with Gasteiger partial charge in [0.2, 0.25) is 10.9 Å². The van der Waals surface area contributed by atoms with E-state index in [1.54, 1.807) is 11.6 Å². The second-order valence-electron chi connectivity index (χ2n) is 5.91. The van der Waals surface area contributed by atoms with E-state index in [-0.39, 0.29) is 5.91 Å². The average molecular weight is 412 g/mol. The number of benzene rings is 2. The Kier molecular flexibility index (Phi) is 5.27. The largest absolute Gasteiger partial charge is 0.495 e. The number of nitrogens with one attached hydrogen (secondary N) is 1. The molecule has 2 aromatic carbocycles. The van der Waals surface area contributed by atoms with Crippen molar-refractivity contribution in [2.75, 3.05) is 18.2 Å². The highest BCUT2D eigenvalue weighted by Crippen LogP contribution is 2.33. The monoisotopic (exact) mass is 411 g/mol. The lowest BCUT2D eigenvalue weighted by atomic mass is 10.2. The molecule has 2 aromatic heterocycles. The molecule has 9 heteroatoms. The minimum Gasteiger partial charge on any atom is -0.495 e. The minimum atomic E-state index is -0.0988. The number of ether oxygens (including phenoxy) is 1. The van der Waals surface area contributed by atoms with E-state index in [9.17, 15) is 4.79 Å². The maximum absolute atomic E-state index is 12.4. The fourth-order valence-electron chi connectivity index (χ4n) is 2.62. The van der Waals surface area contributed by atoms with Crippen LogP contribution in [0, 0.1) is 6.92 Å². The summed E-state index contributed by atoms with van der Waals surface area (Å²) in [6.07, 6.45) is 0. The molecule has 7 nitrogen and oxygen atoms in total. The Morgan fingerprint density at radius 2 is 2.04 bits per heavy atom. The lowest BCUT2D eigenvalue weighted by Gasteiger charge is -2.11. The Bertz CT molecular complexity index is 1120. The van der Waals surface area contributed by atoms with Gasteiger partial charge >= 0.3 is 0 Å². The highest BCUT2D eigenvalue weighted by atomic mass is 32.2. The number of hydrogen-bond acceptors (Lipinski definition) is 7. The fraction of sp³-hybridized carbons (Fsp3) is 0.158. The average Bonchev–Trinajstić information content (AvgIpc) is 3.29. The van der Waals surface area contributed by atoms with Crippen molar-refractivity contribution in [3.8, 4) is 16.3 Å². The van der Waals surface area contributed by atoms with E-state index in [0.29, 0.717) is 17.2 Å². The summed E-state index contributed by atoms with van der Waals surface area (Å²) < 4.78 is 7.10. The van der Waals surface area contributed by atoms with E-state index >= 15 is 0 Å². The summed E-state index contributed by atoms with van der Waals surface area (Å²) in [5.74, 6) is 1.55. The number of methoxy groups -OCH3 is 1. The predicted molar refractivity (Wildman–Crippen MR) is 111 cm³/mol. The van der Waals surface area contributed by atoms with Crippen molar-refractivity contribution in [3.63, 3.8) is 0 Å². The smallest absolute Gasteiger partial charge is 0.234 e. The molecule has 0 aliphatic rings. The van der Waals surface area contributed by atoms with E-state index in [2.05, 4.69) is 20.6 Å². The lowest BCUT2D eigenvalue weighted by Crippen LogP contribution is -2.14. The van der Waals surface area contributed by atoms with Gasteiger partial charge in [0.25, 0.3) is 0 Å². The van der Waals surface area contributed by atoms with E-state index in [4.69, 9.17) is 4.74 Å². The Balaban J connectivity index is 1.53. The zero-order chi connectivity index (χ0) is 19.5. The SMILES string of the molecule is COc1ccc(-c2nn3c(C)nnc3s2)cc1NC(=O)CSc1ccccc1. The zero-order valence-corrected chi connectivity index (χ0v) is 16.9. The molecule has 0 unspecified atom stereocenters. The van der Waals surface area contributed by atoms with Gasteiger partial charge in [0.15, 0.2) is 5.82 Å². The maximum Gasteiger partial charge on any atom is 0.234 e. The summed E-state index contributed by atoms with van der Waals surface area (Å²) >= 11 is 2.93. The standard InChI is InChI=1S/C19H17N5O2S2/c1-12-21-22-19-24(12)23-18(28-19)13-8-9-16(26-2)15(10-13)20-17(25)11-27-14-6-4-3-5-7-14/h3-10H,11H2,1-2H3,(H,20,25). The highest BCUT2D eigenvalue weighted by Gasteiger charge is 2.14. The molecule has 1 amide bonds. The number of carbonyl (C=O) groups is 1. The fourth-order valence-corrected chi connectivity index (χ4v) is 4.22. The Morgan fingerprint density at radius 1 is 1.21 bits per heavy atom. The third-order valence-electron chi connectivity index (χ3n) is 3.98. The molecular formula is C19H17N5O2S2. The summed E-state index contributed by atoms with van der Waals surface area (Å²) in [7, 11) is 1.58. The van der Waals surface area contributed by atoms with Gasteiger partial charge in [-0.3, -0.25) is 4.79 Å². The van der Waals surface area contributed by atoms with Gasteiger partial charge in [0, 0.05) is 10.5 Å². The van der Waals surface area contributed by atoms with E-state index < -0.39 is 0 Å². The predicted octanol–water partition coefficient (Wildman–Crippen LogP) is 3.90. The van der Waals surface area contributed by atoms with Crippen molar-refractivity contribution in [3.05, 3.63) is 54.4 Å². The number of aromatic nitrogens is 4. The van der Waals surface area contributed by atoms with Crippen LogP contribution < -0.4 is 10.1 Å². The summed E-state index contributed by atoms with van der Waals surface area (Å²) in [6, 6.07) is 15.4. The second kappa shape index (κ2) is 7.99. The van der Waals surface area contributed by atoms with Gasteiger partial charge < -0.3 is 10.1 Å². The first-order valence-electron chi connectivity index (χ1n) is 8.49. The van der Waals surface area contributed by atoms with Crippen molar-refractivity contribution >= 4 is 39.7 Å². The van der Waals surface area contributed by atoms with E-state index in [1.165, 1.54) is 23.1 Å². The molecule has 0 saturated carbocycles. The zero-order valence-electron chi connectivity index (χ0n) is 15.2. The molecule has 4 rings (SSSR count). The van der Waals surface area contributed by atoms with Gasteiger partial charge in [0.05, 0.1) is 18.6 Å². The van der Waals surface area contributed by atoms with Crippen LogP contribution in [0.25, 0.3) is 15.5 Å². The number of thioether (sulfide) groups is 1. The van der Waals surface area contributed by atoms with Crippen molar-refractivity contribution in [1.29, 1.82) is 0 Å². The van der Waals surface area contributed by atoms with Crippen LogP contribution in [-0.4, -0.2) is 38.6 Å². The van der Waals surface area contributed by atoms with Gasteiger partial charge in [0.1, 0.15) is 10.8 Å². The molecule has 142 valence electrons. The Hall–Kier alpha value is -2.91. The van der Waals surface area contributed by atoms with Gasteiger partial charge in [-0.2, -0.15) is 9.61 Å². The molecule has 0 spiro atoms. The van der Waals surface area contributed by atoms with Crippen LogP contribution in [0.2, 0.25) is 0 Å². The number of fused-ring (bicyclic) bond motifs is 1. The van der Waals surface area contributed by atoms with Gasteiger partial charge in [-0.25, -0.2) is 0 Å². The number of hydrogen-bond donors (Lipinski definition) is 1. The summed E-state index contributed by atoms with van der Waals surface area (Å²) in [5, 5.41) is 16.4. The molecule has 0 saturated heterocycles. The highest BCUT2D eigenvalue weighted by molar-refractivity contribution is 8.00. The Labute approximate surface area is 169 Å². The molecule has 4 aromatic rings. The Morgan fingerprint density at radius 3 is 2.79 bits per heavy atom. The van der Waals surface area contributed by atoms with Gasteiger partial charge in [-0.05, 0) is 37.3 Å². The summed E-state index contributed by atoms with van der Waals surface area (Å²) in [6.45, 7) is 1.85. The molecule has 0 aliphatic heterocycles. The molecule has 2 heterocycles. The number of aryl methyl sites for hydroxylation is 1. The quantitative estimate of drug-likeness (QED) is 0.485. The first kappa shape index (κ1) is 18.5. The molecule has 0 atom stereocenters. The molecular weight excluding hydrogens is 394 g/mol. The molecule has 0 radical (unpaired) electrons. The van der Waals surface area contributed by atoms with Crippen LogP contribution in [-0.2, 0) is 4.79 Å². The van der Waals surface area contributed by atoms with Crippen LogP contribution in [0.3, 0.4) is 0 Å². The third-order valence-corrected chi connectivity index (χ3v) is 5.94. The molecule has 0 fully saturated rings. The molecule has 0 bridgehead atoms. The van der Waals surface area contributed by atoms with Crippen molar-refractivity contribution in [2.24, 2.45) is 0 Å². The number of anilines is 1. The second-order valence-corrected chi connectivity index (χ2v) is 7.92. The maximum atomic E-state index is 12.4. The van der Waals surface area contributed by atoms with Gasteiger partial charge in [-0.1, -0.05) is 29.5 Å².